The van der Waals surface area contributed by atoms with Crippen molar-refractivity contribution in [2.45, 2.75) is 52.0 Å². The molecule has 0 bridgehead atoms. The van der Waals surface area contributed by atoms with Crippen LogP contribution in [-0.4, -0.2) is 49.7 Å². The molecule has 1 unspecified atom stereocenters. The molecule has 1 aromatic carbocycles. The highest BCUT2D eigenvalue weighted by Crippen LogP contribution is 2.30. The molecule has 6 nitrogen and oxygen atoms in total. The van der Waals surface area contributed by atoms with Gasteiger partial charge in [0, 0.05) is 12.1 Å². The molecule has 1 aromatic rings. The van der Waals surface area contributed by atoms with E-state index in [1.807, 2.05) is 0 Å². The van der Waals surface area contributed by atoms with E-state index >= 15 is 0 Å². The molecule has 1 saturated heterocycles. The Bertz CT molecular complexity index is 616. The molecule has 2 rings (SSSR count). The number of benzene rings is 1. The van der Waals surface area contributed by atoms with E-state index in [0.29, 0.717) is 43.2 Å². The Hall–Kier alpha value is -2.24. The quantitative estimate of drug-likeness (QED) is 0.523. The zero-order valence-electron chi connectivity index (χ0n) is 16.0. The number of carbonyl (C=O) groups is 2. The molecule has 0 radical (unpaired) electrons. The van der Waals surface area contributed by atoms with Crippen molar-refractivity contribution in [3.05, 3.63) is 23.8 Å². The Kier molecular flexibility index (Phi) is 7.75. The van der Waals surface area contributed by atoms with Crippen LogP contribution in [0.4, 0.5) is 0 Å². The number of unbranched alkanes of at least 4 members (excludes halogenated alkanes) is 1. The molecule has 1 amide bonds. The number of hydrogen-bond donors (Lipinski definition) is 0. The number of carbonyl (C=O) groups excluding carboxylic acids is 2. The van der Waals surface area contributed by atoms with Crippen LogP contribution >= 0.6 is 0 Å². The lowest BCUT2D eigenvalue weighted by Crippen LogP contribution is -2.48. The molecule has 0 N–H and O–H groups in total. The van der Waals surface area contributed by atoms with Crippen LogP contribution in [0.5, 0.6) is 11.5 Å². The summed E-state index contributed by atoms with van der Waals surface area (Å²) in [6.45, 7) is 5.35. The number of nitrogens with zero attached hydrogens (tertiary/aromatic N) is 1. The first-order valence-corrected chi connectivity index (χ1v) is 9.40. The van der Waals surface area contributed by atoms with Crippen molar-refractivity contribution in [1.82, 2.24) is 4.90 Å². The summed E-state index contributed by atoms with van der Waals surface area (Å²) in [5.74, 6) is 0.642. The predicted molar refractivity (Wildman–Crippen MR) is 98.7 cm³/mol. The number of rotatable bonds is 8. The monoisotopic (exact) mass is 363 g/mol. The van der Waals surface area contributed by atoms with E-state index in [4.69, 9.17) is 14.2 Å². The number of hydrogen-bond acceptors (Lipinski definition) is 5. The maximum absolute atomic E-state index is 13.0. The molecule has 1 atom stereocenters. The number of methoxy groups -OCH3 is 1. The summed E-state index contributed by atoms with van der Waals surface area (Å²) >= 11 is 0. The van der Waals surface area contributed by atoms with E-state index in [-0.39, 0.29) is 11.9 Å². The first-order chi connectivity index (χ1) is 12.6. The van der Waals surface area contributed by atoms with Crippen LogP contribution < -0.4 is 9.47 Å². The van der Waals surface area contributed by atoms with Gasteiger partial charge in [0.15, 0.2) is 11.5 Å². The molecule has 0 aromatic heterocycles. The second-order valence-corrected chi connectivity index (χ2v) is 6.33. The SMILES string of the molecule is CCCCOc1ccc(C(=O)N2CCCCC2C(=O)OCC)cc1OC. The Morgan fingerprint density at radius 1 is 1.19 bits per heavy atom. The molecule has 0 saturated carbocycles. The van der Waals surface area contributed by atoms with Crippen LogP contribution in [0.2, 0.25) is 0 Å². The zero-order chi connectivity index (χ0) is 18.9. The fraction of sp³-hybridized carbons (Fsp3) is 0.600. The summed E-state index contributed by atoms with van der Waals surface area (Å²) in [6, 6.07) is 4.65. The molecule has 0 aliphatic carbocycles. The van der Waals surface area contributed by atoms with Gasteiger partial charge in [0.25, 0.3) is 5.91 Å². The number of likely N-dealkylation sites (tertiary alicyclic amines) is 1. The van der Waals surface area contributed by atoms with Gasteiger partial charge in [0.1, 0.15) is 6.04 Å². The topological polar surface area (TPSA) is 65.1 Å². The van der Waals surface area contributed by atoms with Gasteiger partial charge in [-0.1, -0.05) is 13.3 Å². The van der Waals surface area contributed by atoms with Gasteiger partial charge in [0.2, 0.25) is 0 Å². The molecule has 26 heavy (non-hydrogen) atoms. The van der Waals surface area contributed by atoms with Gasteiger partial charge in [0.05, 0.1) is 20.3 Å². The van der Waals surface area contributed by atoms with Crippen molar-refractivity contribution in [1.29, 1.82) is 0 Å². The van der Waals surface area contributed by atoms with Gasteiger partial charge in [-0.2, -0.15) is 0 Å². The third kappa shape index (κ3) is 4.90. The highest BCUT2D eigenvalue weighted by atomic mass is 16.5. The Morgan fingerprint density at radius 2 is 2.00 bits per heavy atom. The molecule has 0 spiro atoms. The minimum atomic E-state index is -0.511. The standard InChI is InChI=1S/C20H29NO5/c1-4-6-13-26-17-11-10-15(14-18(17)24-3)19(22)21-12-8-7-9-16(21)20(23)25-5-2/h10-11,14,16H,4-9,12-13H2,1-3H3. The zero-order valence-corrected chi connectivity index (χ0v) is 16.0. The molecular weight excluding hydrogens is 334 g/mol. The van der Waals surface area contributed by atoms with E-state index in [9.17, 15) is 9.59 Å². The van der Waals surface area contributed by atoms with Gasteiger partial charge >= 0.3 is 5.97 Å². The van der Waals surface area contributed by atoms with Crippen LogP contribution in [-0.2, 0) is 9.53 Å². The summed E-state index contributed by atoms with van der Waals surface area (Å²) < 4.78 is 16.2. The molecule has 1 aliphatic heterocycles. The van der Waals surface area contributed by atoms with Crippen molar-refractivity contribution in [2.24, 2.45) is 0 Å². The normalized spacial score (nSPS) is 16.9. The lowest BCUT2D eigenvalue weighted by Gasteiger charge is -2.34. The second kappa shape index (κ2) is 10.0. The van der Waals surface area contributed by atoms with Crippen molar-refractivity contribution in [3.63, 3.8) is 0 Å². The lowest BCUT2D eigenvalue weighted by atomic mass is 10.0. The molecule has 1 aliphatic rings. The molecule has 1 fully saturated rings. The van der Waals surface area contributed by atoms with Gasteiger partial charge in [-0.3, -0.25) is 4.79 Å². The fourth-order valence-corrected chi connectivity index (χ4v) is 3.07. The van der Waals surface area contributed by atoms with E-state index < -0.39 is 6.04 Å². The Labute approximate surface area is 155 Å². The van der Waals surface area contributed by atoms with Crippen LogP contribution in [0.1, 0.15) is 56.3 Å². The fourth-order valence-electron chi connectivity index (χ4n) is 3.07. The van der Waals surface area contributed by atoms with E-state index in [1.165, 1.54) is 0 Å². The summed E-state index contributed by atoms with van der Waals surface area (Å²) in [6.07, 6.45) is 4.44. The largest absolute Gasteiger partial charge is 0.493 e. The summed E-state index contributed by atoms with van der Waals surface area (Å²) in [4.78, 5) is 26.8. The molecule has 6 heteroatoms. The third-order valence-corrected chi connectivity index (χ3v) is 4.49. The van der Waals surface area contributed by atoms with Gasteiger partial charge < -0.3 is 19.1 Å². The van der Waals surface area contributed by atoms with Crippen LogP contribution in [0.25, 0.3) is 0 Å². The first kappa shape index (κ1) is 20.1. The maximum atomic E-state index is 13.0. The summed E-state index contributed by atoms with van der Waals surface area (Å²) in [5, 5.41) is 0. The van der Waals surface area contributed by atoms with Gasteiger partial charge in [-0.25, -0.2) is 4.79 Å². The van der Waals surface area contributed by atoms with Crippen molar-refractivity contribution >= 4 is 11.9 Å². The van der Waals surface area contributed by atoms with E-state index in [1.54, 1.807) is 37.1 Å². The number of ether oxygens (including phenoxy) is 3. The number of amides is 1. The molecule has 1 heterocycles. The van der Waals surface area contributed by atoms with Crippen molar-refractivity contribution < 1.29 is 23.8 Å². The Balaban J connectivity index is 2.17. The Morgan fingerprint density at radius 3 is 2.69 bits per heavy atom. The van der Waals surface area contributed by atoms with Gasteiger partial charge in [-0.05, 0) is 50.8 Å². The van der Waals surface area contributed by atoms with Crippen LogP contribution in [0.15, 0.2) is 18.2 Å². The second-order valence-electron chi connectivity index (χ2n) is 6.33. The predicted octanol–water partition coefficient (Wildman–Crippen LogP) is 3.43. The van der Waals surface area contributed by atoms with Gasteiger partial charge in [-0.15, -0.1) is 0 Å². The summed E-state index contributed by atoms with van der Waals surface area (Å²) in [7, 11) is 1.55. The summed E-state index contributed by atoms with van der Waals surface area (Å²) in [5.41, 5.74) is 0.487. The average molecular weight is 363 g/mol. The van der Waals surface area contributed by atoms with Crippen LogP contribution in [0, 0.1) is 0 Å². The van der Waals surface area contributed by atoms with Crippen LogP contribution in [0.3, 0.4) is 0 Å². The minimum Gasteiger partial charge on any atom is -0.493 e. The number of esters is 1. The third-order valence-electron chi connectivity index (χ3n) is 4.49. The van der Waals surface area contributed by atoms with E-state index in [0.717, 1.165) is 25.7 Å². The average Bonchev–Trinajstić information content (AvgIpc) is 2.68. The highest BCUT2D eigenvalue weighted by molar-refractivity contribution is 5.97. The molecular formula is C20H29NO5. The lowest BCUT2D eigenvalue weighted by molar-refractivity contribution is -0.149. The highest BCUT2D eigenvalue weighted by Gasteiger charge is 2.33. The maximum Gasteiger partial charge on any atom is 0.328 e. The smallest absolute Gasteiger partial charge is 0.328 e. The van der Waals surface area contributed by atoms with Crippen molar-refractivity contribution in [2.75, 3.05) is 26.9 Å². The first-order valence-electron chi connectivity index (χ1n) is 9.40. The van der Waals surface area contributed by atoms with E-state index in [2.05, 4.69) is 6.92 Å². The number of piperidine rings is 1. The van der Waals surface area contributed by atoms with Crippen molar-refractivity contribution in [3.8, 4) is 11.5 Å². The molecule has 144 valence electrons. The minimum absolute atomic E-state index is 0.179.